The smallest absolute Gasteiger partial charge is 0.291 e. The molecule has 1 aromatic heterocycles. The Morgan fingerprint density at radius 3 is 2.42 bits per heavy atom. The Hall–Kier alpha value is -2.51. The lowest BCUT2D eigenvalue weighted by molar-refractivity contribution is 0.0953. The summed E-state index contributed by atoms with van der Waals surface area (Å²) in [4.78, 5) is 25.4. The van der Waals surface area contributed by atoms with E-state index in [2.05, 4.69) is 15.8 Å². The number of fused-ring (bicyclic) bond motifs is 1. The SMILES string of the molecule is Cc1c(C(=O)Nc2cc(Cl)ccc2Cl)oc2c1/C(=N/NC(=O)c1ccc(Cl)cc1Cl)CCC2. The Morgan fingerprint density at radius 2 is 1.67 bits per heavy atom. The summed E-state index contributed by atoms with van der Waals surface area (Å²) >= 11 is 24.2. The van der Waals surface area contributed by atoms with Gasteiger partial charge in [0.05, 0.1) is 27.0 Å². The third-order valence-corrected chi connectivity index (χ3v) is 6.29. The standard InChI is InChI=1S/C23H17Cl4N3O3/c1-11-20-17(29-30-22(31)14-7-5-12(24)9-16(14)27)3-2-4-19(20)33-21(11)23(32)28-18-10-13(25)6-8-15(18)26/h5-10H,2-4H2,1H3,(H,28,32)(H,30,31)/b29-17+. The lowest BCUT2D eigenvalue weighted by Gasteiger charge is -2.13. The number of aryl methyl sites for hydroxylation is 1. The number of furan rings is 1. The van der Waals surface area contributed by atoms with Gasteiger partial charge in [-0.05, 0) is 56.2 Å². The minimum Gasteiger partial charge on any atom is -0.455 e. The number of carbonyl (C=O) groups is 2. The number of nitrogens with one attached hydrogen (secondary N) is 2. The van der Waals surface area contributed by atoms with Gasteiger partial charge in [0.15, 0.2) is 5.76 Å². The van der Waals surface area contributed by atoms with Gasteiger partial charge >= 0.3 is 0 Å². The van der Waals surface area contributed by atoms with Crippen molar-refractivity contribution < 1.29 is 14.0 Å². The maximum absolute atomic E-state index is 12.9. The Balaban J connectivity index is 1.59. The first kappa shape index (κ1) is 23.6. The number of hydrogen-bond acceptors (Lipinski definition) is 4. The number of anilines is 1. The minimum absolute atomic E-state index is 0.151. The number of rotatable bonds is 4. The zero-order valence-electron chi connectivity index (χ0n) is 17.3. The van der Waals surface area contributed by atoms with Crippen LogP contribution in [-0.2, 0) is 6.42 Å². The van der Waals surface area contributed by atoms with Crippen molar-refractivity contribution in [2.24, 2.45) is 5.10 Å². The van der Waals surface area contributed by atoms with E-state index in [1.807, 2.05) is 0 Å². The van der Waals surface area contributed by atoms with Crippen LogP contribution in [-0.4, -0.2) is 17.5 Å². The molecule has 0 bridgehead atoms. The summed E-state index contributed by atoms with van der Waals surface area (Å²) in [5.41, 5.74) is 5.13. The summed E-state index contributed by atoms with van der Waals surface area (Å²) < 4.78 is 5.88. The molecule has 0 aliphatic heterocycles. The summed E-state index contributed by atoms with van der Waals surface area (Å²) in [7, 11) is 0. The van der Waals surface area contributed by atoms with E-state index in [0.717, 1.165) is 6.42 Å². The predicted octanol–water partition coefficient (Wildman–Crippen LogP) is 6.92. The number of benzene rings is 2. The van der Waals surface area contributed by atoms with Gasteiger partial charge in [-0.1, -0.05) is 46.4 Å². The van der Waals surface area contributed by atoms with Crippen molar-refractivity contribution in [2.45, 2.75) is 26.2 Å². The van der Waals surface area contributed by atoms with Crippen molar-refractivity contribution in [3.63, 3.8) is 0 Å². The monoisotopic (exact) mass is 523 g/mol. The van der Waals surface area contributed by atoms with Gasteiger partial charge in [0, 0.05) is 27.6 Å². The zero-order chi connectivity index (χ0) is 23.7. The lowest BCUT2D eigenvalue weighted by atomic mass is 9.93. The van der Waals surface area contributed by atoms with E-state index in [-0.39, 0.29) is 16.3 Å². The Morgan fingerprint density at radius 1 is 0.939 bits per heavy atom. The largest absolute Gasteiger partial charge is 0.455 e. The summed E-state index contributed by atoms with van der Waals surface area (Å²) in [6.07, 6.45) is 2.03. The molecule has 6 nitrogen and oxygen atoms in total. The molecule has 0 spiro atoms. The predicted molar refractivity (Wildman–Crippen MR) is 131 cm³/mol. The number of amides is 2. The molecule has 2 N–H and O–H groups in total. The molecule has 33 heavy (non-hydrogen) atoms. The molecule has 2 amide bonds. The molecule has 0 atom stereocenters. The van der Waals surface area contributed by atoms with Gasteiger partial charge in [-0.2, -0.15) is 5.10 Å². The first-order valence-electron chi connectivity index (χ1n) is 9.95. The van der Waals surface area contributed by atoms with Crippen molar-refractivity contribution in [1.82, 2.24) is 5.43 Å². The van der Waals surface area contributed by atoms with Gasteiger partial charge < -0.3 is 9.73 Å². The Labute approximate surface area is 209 Å². The van der Waals surface area contributed by atoms with E-state index in [1.54, 1.807) is 31.2 Å². The van der Waals surface area contributed by atoms with Crippen LogP contribution < -0.4 is 10.7 Å². The van der Waals surface area contributed by atoms with Crippen LogP contribution in [0.25, 0.3) is 0 Å². The molecule has 0 saturated carbocycles. The van der Waals surface area contributed by atoms with Crippen molar-refractivity contribution in [2.75, 3.05) is 5.32 Å². The summed E-state index contributed by atoms with van der Waals surface area (Å²) in [5.74, 6) is -0.135. The van der Waals surface area contributed by atoms with E-state index >= 15 is 0 Å². The highest BCUT2D eigenvalue weighted by molar-refractivity contribution is 6.37. The molecule has 0 unspecified atom stereocenters. The van der Waals surface area contributed by atoms with Gasteiger partial charge in [-0.3, -0.25) is 9.59 Å². The van der Waals surface area contributed by atoms with Crippen LogP contribution in [0.3, 0.4) is 0 Å². The molecule has 2 aromatic carbocycles. The van der Waals surface area contributed by atoms with E-state index < -0.39 is 11.8 Å². The van der Waals surface area contributed by atoms with Gasteiger partial charge in [-0.25, -0.2) is 5.43 Å². The second kappa shape index (κ2) is 9.77. The molecule has 1 aliphatic carbocycles. The second-order valence-electron chi connectivity index (χ2n) is 7.41. The molecular formula is C23H17Cl4N3O3. The fraction of sp³-hybridized carbons (Fsp3) is 0.174. The van der Waals surface area contributed by atoms with Crippen LogP contribution in [0, 0.1) is 6.92 Å². The van der Waals surface area contributed by atoms with E-state index in [9.17, 15) is 9.59 Å². The molecule has 1 aliphatic rings. The fourth-order valence-corrected chi connectivity index (χ4v) is 4.45. The van der Waals surface area contributed by atoms with Crippen molar-refractivity contribution in [3.05, 3.63) is 84.7 Å². The molecule has 0 saturated heterocycles. The number of halogens is 4. The maximum atomic E-state index is 12.9. The third-order valence-electron chi connectivity index (χ3n) is 5.18. The van der Waals surface area contributed by atoms with Gasteiger partial charge in [-0.15, -0.1) is 0 Å². The van der Waals surface area contributed by atoms with Crippen molar-refractivity contribution in [3.8, 4) is 0 Å². The first-order chi connectivity index (χ1) is 15.7. The highest BCUT2D eigenvalue weighted by Gasteiger charge is 2.28. The van der Waals surface area contributed by atoms with Crippen LogP contribution in [0.5, 0.6) is 0 Å². The van der Waals surface area contributed by atoms with Crippen molar-refractivity contribution >= 4 is 69.6 Å². The molecule has 10 heteroatoms. The third kappa shape index (κ3) is 5.04. The van der Waals surface area contributed by atoms with Crippen molar-refractivity contribution in [1.29, 1.82) is 0 Å². The van der Waals surface area contributed by atoms with Crippen LogP contribution in [0.1, 0.15) is 50.6 Å². The van der Waals surface area contributed by atoms with Gasteiger partial charge in [0.1, 0.15) is 5.76 Å². The highest BCUT2D eigenvalue weighted by Crippen LogP contribution is 2.32. The second-order valence-corrected chi connectivity index (χ2v) is 9.10. The minimum atomic E-state index is -0.467. The Bertz CT molecular complexity index is 1300. The fourth-order valence-electron chi connectivity index (χ4n) is 3.62. The van der Waals surface area contributed by atoms with Crippen LogP contribution in [0.4, 0.5) is 5.69 Å². The molecular weight excluding hydrogens is 508 g/mol. The molecule has 1 heterocycles. The Kier molecular flexibility index (Phi) is 7.00. The number of carbonyl (C=O) groups excluding carboxylic acids is 2. The summed E-state index contributed by atoms with van der Waals surface area (Å²) in [6.45, 7) is 1.77. The average molecular weight is 525 g/mol. The summed E-state index contributed by atoms with van der Waals surface area (Å²) in [6, 6.07) is 9.38. The van der Waals surface area contributed by atoms with E-state index in [0.29, 0.717) is 56.2 Å². The summed E-state index contributed by atoms with van der Waals surface area (Å²) in [5, 5.41) is 8.48. The molecule has 4 rings (SSSR count). The van der Waals surface area contributed by atoms with E-state index in [4.69, 9.17) is 50.8 Å². The van der Waals surface area contributed by atoms with Crippen LogP contribution in [0.2, 0.25) is 20.1 Å². The number of nitrogens with zero attached hydrogens (tertiary/aromatic N) is 1. The zero-order valence-corrected chi connectivity index (χ0v) is 20.3. The number of hydrogen-bond donors (Lipinski definition) is 2. The molecule has 170 valence electrons. The topological polar surface area (TPSA) is 83.7 Å². The molecule has 0 fully saturated rings. The van der Waals surface area contributed by atoms with Gasteiger partial charge in [0.2, 0.25) is 0 Å². The molecule has 0 radical (unpaired) electrons. The maximum Gasteiger partial charge on any atom is 0.291 e. The average Bonchev–Trinajstić information content (AvgIpc) is 3.12. The molecule has 3 aromatic rings. The van der Waals surface area contributed by atoms with Gasteiger partial charge in [0.25, 0.3) is 11.8 Å². The highest BCUT2D eigenvalue weighted by atomic mass is 35.5. The van der Waals surface area contributed by atoms with Crippen LogP contribution in [0.15, 0.2) is 45.9 Å². The number of hydrazone groups is 1. The van der Waals surface area contributed by atoms with Crippen LogP contribution >= 0.6 is 46.4 Å². The normalized spacial score (nSPS) is 14.2. The lowest BCUT2D eigenvalue weighted by Crippen LogP contribution is -2.22. The van der Waals surface area contributed by atoms with E-state index in [1.165, 1.54) is 12.1 Å². The first-order valence-corrected chi connectivity index (χ1v) is 11.5. The quantitative estimate of drug-likeness (QED) is 0.363.